The fraction of sp³-hybridized carbons (Fsp3) is 0.0690. The van der Waals surface area contributed by atoms with Crippen LogP contribution in [0.3, 0.4) is 0 Å². The summed E-state index contributed by atoms with van der Waals surface area (Å²) in [4.78, 5) is 21.9. The Hall–Kier alpha value is -4.09. The van der Waals surface area contributed by atoms with E-state index in [-0.39, 0.29) is 5.91 Å². The first-order valence-corrected chi connectivity index (χ1v) is 11.9. The maximum atomic E-state index is 13.0. The van der Waals surface area contributed by atoms with E-state index in [4.69, 9.17) is 4.98 Å². The van der Waals surface area contributed by atoms with E-state index in [1.165, 1.54) is 5.56 Å². The zero-order valence-electron chi connectivity index (χ0n) is 18.7. The van der Waals surface area contributed by atoms with Crippen molar-refractivity contribution in [2.24, 2.45) is 0 Å². The summed E-state index contributed by atoms with van der Waals surface area (Å²) < 4.78 is 0. The molecule has 0 unspecified atom stereocenters. The van der Waals surface area contributed by atoms with Crippen LogP contribution in [0.15, 0.2) is 103 Å². The quantitative estimate of drug-likeness (QED) is 0.295. The van der Waals surface area contributed by atoms with Crippen LogP contribution in [-0.2, 0) is 6.42 Å². The van der Waals surface area contributed by atoms with Gasteiger partial charge < -0.3 is 5.32 Å². The summed E-state index contributed by atoms with van der Waals surface area (Å²) in [6.07, 6.45) is 4.30. The molecule has 34 heavy (non-hydrogen) atoms. The van der Waals surface area contributed by atoms with Crippen LogP contribution in [0, 0.1) is 6.92 Å². The number of anilines is 1. The molecule has 0 bridgehead atoms. The zero-order chi connectivity index (χ0) is 23.3. The van der Waals surface area contributed by atoms with Crippen LogP contribution in [0.25, 0.3) is 22.4 Å². The number of pyridine rings is 1. The first kappa shape index (κ1) is 21.7. The van der Waals surface area contributed by atoms with E-state index in [1.807, 2.05) is 91.1 Å². The molecule has 1 N–H and O–H groups in total. The third-order valence-corrected chi connectivity index (χ3v) is 6.54. The van der Waals surface area contributed by atoms with Crippen molar-refractivity contribution in [2.75, 3.05) is 5.32 Å². The van der Waals surface area contributed by atoms with Crippen molar-refractivity contribution < 1.29 is 4.79 Å². The predicted octanol–water partition coefficient (Wildman–Crippen LogP) is 7.02. The number of hydrogen-bond acceptors (Lipinski definition) is 4. The van der Waals surface area contributed by atoms with E-state index >= 15 is 0 Å². The first-order valence-electron chi connectivity index (χ1n) is 11.1. The average molecular weight is 462 g/mol. The highest BCUT2D eigenvalue weighted by atomic mass is 32.1. The van der Waals surface area contributed by atoms with Crippen LogP contribution in [0.2, 0.25) is 0 Å². The van der Waals surface area contributed by atoms with E-state index in [9.17, 15) is 4.79 Å². The minimum atomic E-state index is -0.124. The van der Waals surface area contributed by atoms with Crippen LogP contribution in [0.5, 0.6) is 0 Å². The molecule has 0 aliphatic carbocycles. The number of nitrogens with zero attached hydrogens (tertiary/aromatic N) is 2. The molecule has 5 aromatic rings. The Morgan fingerprint density at radius 3 is 2.53 bits per heavy atom. The van der Waals surface area contributed by atoms with E-state index in [0.717, 1.165) is 38.6 Å². The summed E-state index contributed by atoms with van der Waals surface area (Å²) >= 11 is 1.64. The van der Waals surface area contributed by atoms with Crippen molar-refractivity contribution >= 4 is 22.9 Å². The van der Waals surface area contributed by atoms with Gasteiger partial charge in [0.25, 0.3) is 5.91 Å². The largest absolute Gasteiger partial charge is 0.322 e. The van der Waals surface area contributed by atoms with Crippen molar-refractivity contribution in [3.05, 3.63) is 124 Å². The minimum absolute atomic E-state index is 0.124. The minimum Gasteiger partial charge on any atom is -0.322 e. The number of aryl methyl sites for hydroxylation is 1. The van der Waals surface area contributed by atoms with Crippen LogP contribution in [0.4, 0.5) is 5.69 Å². The van der Waals surface area contributed by atoms with Crippen molar-refractivity contribution in [1.29, 1.82) is 0 Å². The molecule has 5 heteroatoms. The van der Waals surface area contributed by atoms with Gasteiger partial charge >= 0.3 is 0 Å². The van der Waals surface area contributed by atoms with Crippen molar-refractivity contribution in [1.82, 2.24) is 9.97 Å². The molecule has 5 rings (SSSR count). The second-order valence-electron chi connectivity index (χ2n) is 8.09. The van der Waals surface area contributed by atoms with Gasteiger partial charge in [0.05, 0.1) is 10.7 Å². The smallest absolute Gasteiger partial charge is 0.255 e. The average Bonchev–Trinajstić information content (AvgIpc) is 3.36. The highest BCUT2D eigenvalue weighted by Gasteiger charge is 2.11. The molecule has 4 nitrogen and oxygen atoms in total. The number of carbonyl (C=O) groups excluding carboxylic acids is 1. The van der Waals surface area contributed by atoms with E-state index < -0.39 is 0 Å². The Bertz CT molecular complexity index is 1430. The highest BCUT2D eigenvalue weighted by molar-refractivity contribution is 7.10. The molecule has 0 aliphatic heterocycles. The molecule has 0 fully saturated rings. The molecule has 0 atom stereocenters. The second kappa shape index (κ2) is 9.81. The number of benzene rings is 3. The summed E-state index contributed by atoms with van der Waals surface area (Å²) in [6.45, 7) is 2.08. The predicted molar refractivity (Wildman–Crippen MR) is 139 cm³/mol. The molecule has 0 radical (unpaired) electrons. The Balaban J connectivity index is 1.32. The molecular weight excluding hydrogens is 438 g/mol. The lowest BCUT2D eigenvalue weighted by atomic mass is 10.0. The molecule has 2 aromatic heterocycles. The van der Waals surface area contributed by atoms with Gasteiger partial charge in [0.15, 0.2) is 0 Å². The van der Waals surface area contributed by atoms with E-state index in [1.54, 1.807) is 17.5 Å². The lowest BCUT2D eigenvalue weighted by molar-refractivity contribution is 0.102. The number of thiazole rings is 1. The lowest BCUT2D eigenvalue weighted by Crippen LogP contribution is -2.12. The second-order valence-corrected chi connectivity index (χ2v) is 9.03. The van der Waals surface area contributed by atoms with Gasteiger partial charge in [-0.25, -0.2) is 4.98 Å². The highest BCUT2D eigenvalue weighted by Crippen LogP contribution is 2.26. The lowest BCUT2D eigenvalue weighted by Gasteiger charge is -2.10. The van der Waals surface area contributed by atoms with Crippen molar-refractivity contribution in [3.63, 3.8) is 0 Å². The van der Waals surface area contributed by atoms with Crippen molar-refractivity contribution in [2.45, 2.75) is 13.3 Å². The number of hydrogen-bond donors (Lipinski definition) is 1. The normalized spacial score (nSPS) is 10.7. The van der Waals surface area contributed by atoms with Gasteiger partial charge in [-0.05, 0) is 65.6 Å². The number of aromatic nitrogens is 2. The van der Waals surface area contributed by atoms with Gasteiger partial charge in [0.1, 0.15) is 0 Å². The molecule has 0 saturated heterocycles. The standard InChI is InChI=1S/C29H23N3OS/c1-20-12-13-26(16-25(20)17-28-32-27(19-34-28)24-11-6-14-30-18-24)31-29(33)23-10-5-9-22(15-23)21-7-3-2-4-8-21/h2-16,18-19H,17H2,1H3,(H,31,33). The molecule has 1 amide bonds. The summed E-state index contributed by atoms with van der Waals surface area (Å²) in [5.74, 6) is -0.124. The molecule has 0 saturated carbocycles. The monoisotopic (exact) mass is 461 g/mol. The summed E-state index contributed by atoms with van der Waals surface area (Å²) in [6, 6.07) is 27.7. The number of amides is 1. The fourth-order valence-electron chi connectivity index (χ4n) is 3.82. The Morgan fingerprint density at radius 1 is 0.882 bits per heavy atom. The number of carbonyl (C=O) groups is 1. The Morgan fingerprint density at radius 2 is 1.71 bits per heavy atom. The molecule has 2 heterocycles. The van der Waals surface area contributed by atoms with Gasteiger partial charge in [-0.1, -0.05) is 48.5 Å². The van der Waals surface area contributed by atoms with Gasteiger partial charge in [0.2, 0.25) is 0 Å². The molecule has 0 spiro atoms. The molecule has 0 aliphatic rings. The van der Waals surface area contributed by atoms with Crippen LogP contribution in [-0.4, -0.2) is 15.9 Å². The Kier molecular flexibility index (Phi) is 6.27. The summed E-state index contributed by atoms with van der Waals surface area (Å²) in [5.41, 5.74) is 7.78. The number of rotatable bonds is 6. The zero-order valence-corrected chi connectivity index (χ0v) is 19.5. The maximum Gasteiger partial charge on any atom is 0.255 e. The Labute approximate surface area is 203 Å². The maximum absolute atomic E-state index is 13.0. The summed E-state index contributed by atoms with van der Waals surface area (Å²) in [5, 5.41) is 6.15. The van der Waals surface area contributed by atoms with E-state index in [2.05, 4.69) is 22.6 Å². The topological polar surface area (TPSA) is 54.9 Å². The van der Waals surface area contributed by atoms with Crippen LogP contribution in [0.1, 0.15) is 26.5 Å². The SMILES string of the molecule is Cc1ccc(NC(=O)c2cccc(-c3ccccc3)c2)cc1Cc1nc(-c2cccnc2)cs1. The summed E-state index contributed by atoms with van der Waals surface area (Å²) in [7, 11) is 0. The third kappa shape index (κ3) is 4.95. The van der Waals surface area contributed by atoms with Crippen molar-refractivity contribution in [3.8, 4) is 22.4 Å². The van der Waals surface area contributed by atoms with E-state index in [0.29, 0.717) is 12.0 Å². The molecule has 166 valence electrons. The van der Waals surface area contributed by atoms with Gasteiger partial charge in [-0.15, -0.1) is 11.3 Å². The third-order valence-electron chi connectivity index (χ3n) is 5.69. The molecular formula is C29H23N3OS. The first-order chi connectivity index (χ1) is 16.7. The number of nitrogens with one attached hydrogen (secondary N) is 1. The van der Waals surface area contributed by atoms with Gasteiger partial charge in [-0.2, -0.15) is 0 Å². The van der Waals surface area contributed by atoms with Crippen LogP contribution < -0.4 is 5.32 Å². The van der Waals surface area contributed by atoms with Crippen LogP contribution >= 0.6 is 11.3 Å². The molecule has 3 aromatic carbocycles. The fourth-order valence-corrected chi connectivity index (χ4v) is 4.64. The van der Waals surface area contributed by atoms with Gasteiger partial charge in [-0.3, -0.25) is 9.78 Å². The van der Waals surface area contributed by atoms with Gasteiger partial charge in [0, 0.05) is 41.0 Å².